The number of carbonyl (C=O) groups is 2. The quantitative estimate of drug-likeness (QED) is 0.542. The summed E-state index contributed by atoms with van der Waals surface area (Å²) < 4.78 is 19.0. The Morgan fingerprint density at radius 2 is 1.79 bits per heavy atom. The molecule has 0 atom stereocenters. The van der Waals surface area contributed by atoms with Crippen molar-refractivity contribution in [3.63, 3.8) is 0 Å². The molecule has 3 rings (SSSR count). The average Bonchev–Trinajstić information content (AvgIpc) is 3.00. The molecule has 2 aromatic carbocycles. The van der Waals surface area contributed by atoms with E-state index in [-0.39, 0.29) is 11.7 Å². The minimum absolute atomic E-state index is 0.314. The number of aromatic nitrogens is 1. The summed E-state index contributed by atoms with van der Waals surface area (Å²) in [5.41, 5.74) is 1.65. The van der Waals surface area contributed by atoms with Crippen LogP contribution in [-0.4, -0.2) is 23.6 Å². The Labute approximate surface area is 137 Å². The number of nitrogens with zero attached hydrogens (tertiary/aromatic N) is 1. The van der Waals surface area contributed by atoms with Crippen LogP contribution in [0.15, 0.2) is 60.8 Å². The summed E-state index contributed by atoms with van der Waals surface area (Å²) in [5, 5.41) is 0.646. The van der Waals surface area contributed by atoms with E-state index in [2.05, 4.69) is 0 Å². The summed E-state index contributed by atoms with van der Waals surface area (Å²) in [5.74, 6) is -1.15. The Bertz CT molecular complexity index is 939. The first-order valence-corrected chi connectivity index (χ1v) is 7.26. The largest absolute Gasteiger partial charge is 0.465 e. The van der Waals surface area contributed by atoms with Gasteiger partial charge in [-0.15, -0.1) is 0 Å². The lowest BCUT2D eigenvalue weighted by molar-refractivity contribution is 0.0603. The van der Waals surface area contributed by atoms with Crippen molar-refractivity contribution in [3.8, 4) is 0 Å². The van der Waals surface area contributed by atoms with Crippen LogP contribution < -0.4 is 0 Å². The number of benzene rings is 2. The molecule has 0 N–H and O–H groups in total. The maximum absolute atomic E-state index is 12.9. The molecule has 0 saturated heterocycles. The normalized spacial score (nSPS) is 11.1. The van der Waals surface area contributed by atoms with Crippen molar-refractivity contribution in [1.29, 1.82) is 0 Å². The third-order valence-corrected chi connectivity index (χ3v) is 3.64. The van der Waals surface area contributed by atoms with Crippen LogP contribution in [0.4, 0.5) is 4.39 Å². The van der Waals surface area contributed by atoms with Gasteiger partial charge in [0.15, 0.2) is 0 Å². The van der Waals surface area contributed by atoms with E-state index in [1.54, 1.807) is 42.5 Å². The topological polar surface area (TPSA) is 48.3 Å². The minimum Gasteiger partial charge on any atom is -0.465 e. The molecular formula is C19H14FNO3. The number of hydrogen-bond donors (Lipinski definition) is 0. The predicted molar refractivity (Wildman–Crippen MR) is 89.3 cm³/mol. The van der Waals surface area contributed by atoms with Gasteiger partial charge in [-0.05, 0) is 29.8 Å². The van der Waals surface area contributed by atoms with Gasteiger partial charge in [-0.1, -0.05) is 30.3 Å². The molecule has 0 unspecified atom stereocenters. The lowest BCUT2D eigenvalue weighted by atomic mass is 10.2. The number of fused-ring (bicyclic) bond motifs is 1. The van der Waals surface area contributed by atoms with Crippen LogP contribution in [0.5, 0.6) is 0 Å². The molecule has 4 nitrogen and oxygen atoms in total. The van der Waals surface area contributed by atoms with E-state index in [9.17, 15) is 14.0 Å². The highest BCUT2D eigenvalue weighted by atomic mass is 19.1. The summed E-state index contributed by atoms with van der Waals surface area (Å²) >= 11 is 0. The van der Waals surface area contributed by atoms with Crippen molar-refractivity contribution in [2.75, 3.05) is 7.11 Å². The molecule has 0 amide bonds. The highest BCUT2D eigenvalue weighted by molar-refractivity contribution is 6.09. The first kappa shape index (κ1) is 15.7. The van der Waals surface area contributed by atoms with E-state index < -0.39 is 5.97 Å². The standard InChI is InChI=1S/C19H14FNO3/c1-24-19(23)16-12-21(17-5-3-2-4-15(16)17)18(22)11-8-13-6-9-14(20)10-7-13/h2-12H,1H3/b11-8+. The fourth-order valence-electron chi connectivity index (χ4n) is 2.46. The zero-order valence-corrected chi connectivity index (χ0v) is 12.9. The number of hydrogen-bond acceptors (Lipinski definition) is 3. The Balaban J connectivity index is 1.98. The van der Waals surface area contributed by atoms with Crippen molar-refractivity contribution in [3.05, 3.63) is 77.7 Å². The number of esters is 1. The highest BCUT2D eigenvalue weighted by Crippen LogP contribution is 2.22. The molecule has 0 radical (unpaired) electrons. The fraction of sp³-hybridized carbons (Fsp3) is 0.0526. The number of para-hydroxylation sites is 1. The van der Waals surface area contributed by atoms with Crippen LogP contribution in [0, 0.1) is 5.82 Å². The van der Waals surface area contributed by atoms with Gasteiger partial charge in [0.25, 0.3) is 5.91 Å². The van der Waals surface area contributed by atoms with Crippen LogP contribution in [0.1, 0.15) is 20.7 Å². The summed E-state index contributed by atoms with van der Waals surface area (Å²) in [6.45, 7) is 0. The van der Waals surface area contributed by atoms with Gasteiger partial charge in [0, 0.05) is 17.7 Å². The molecule has 0 bridgehead atoms. The number of methoxy groups -OCH3 is 1. The van der Waals surface area contributed by atoms with Crippen molar-refractivity contribution < 1.29 is 18.7 Å². The Hall–Kier alpha value is -3.21. The minimum atomic E-state index is -0.500. The second-order valence-corrected chi connectivity index (χ2v) is 5.14. The van der Waals surface area contributed by atoms with Gasteiger partial charge in [-0.2, -0.15) is 0 Å². The summed E-state index contributed by atoms with van der Waals surface area (Å²) in [7, 11) is 1.30. The van der Waals surface area contributed by atoms with Gasteiger partial charge in [0.05, 0.1) is 18.2 Å². The zero-order valence-electron chi connectivity index (χ0n) is 12.9. The fourth-order valence-corrected chi connectivity index (χ4v) is 2.46. The SMILES string of the molecule is COC(=O)c1cn(C(=O)/C=C/c2ccc(F)cc2)c2ccccc12. The zero-order chi connectivity index (χ0) is 17.1. The second-order valence-electron chi connectivity index (χ2n) is 5.14. The monoisotopic (exact) mass is 323 g/mol. The van der Waals surface area contributed by atoms with Gasteiger partial charge in [0.1, 0.15) is 5.82 Å². The molecule has 3 aromatic rings. The number of rotatable bonds is 3. The summed E-state index contributed by atoms with van der Waals surface area (Å²) in [6.07, 6.45) is 4.43. The van der Waals surface area contributed by atoms with E-state index in [4.69, 9.17) is 4.74 Å². The first-order chi connectivity index (χ1) is 11.6. The Morgan fingerprint density at radius 3 is 2.50 bits per heavy atom. The molecule has 1 heterocycles. The van der Waals surface area contributed by atoms with Crippen LogP contribution in [0.2, 0.25) is 0 Å². The third-order valence-electron chi connectivity index (χ3n) is 3.64. The number of carbonyl (C=O) groups excluding carboxylic acids is 2. The van der Waals surface area contributed by atoms with Crippen LogP contribution in [0.3, 0.4) is 0 Å². The molecule has 1 aromatic heterocycles. The maximum atomic E-state index is 12.9. The third kappa shape index (κ3) is 2.96. The Kier molecular flexibility index (Phi) is 4.24. The maximum Gasteiger partial charge on any atom is 0.340 e. The summed E-state index contributed by atoms with van der Waals surface area (Å²) in [6, 6.07) is 12.9. The smallest absolute Gasteiger partial charge is 0.340 e. The average molecular weight is 323 g/mol. The number of halogens is 1. The molecule has 0 aliphatic heterocycles. The predicted octanol–water partition coefficient (Wildman–Crippen LogP) is 3.92. The van der Waals surface area contributed by atoms with E-state index in [0.717, 1.165) is 0 Å². The van der Waals surface area contributed by atoms with E-state index in [1.807, 2.05) is 0 Å². The van der Waals surface area contributed by atoms with Gasteiger partial charge < -0.3 is 4.74 Å². The van der Waals surface area contributed by atoms with Crippen molar-refractivity contribution >= 4 is 28.9 Å². The molecular weight excluding hydrogens is 309 g/mol. The van der Waals surface area contributed by atoms with E-state index >= 15 is 0 Å². The number of ether oxygens (including phenoxy) is 1. The van der Waals surface area contributed by atoms with Crippen molar-refractivity contribution in [1.82, 2.24) is 4.57 Å². The van der Waals surface area contributed by atoms with Crippen LogP contribution >= 0.6 is 0 Å². The Morgan fingerprint density at radius 1 is 1.08 bits per heavy atom. The van der Waals surface area contributed by atoms with E-state index in [1.165, 1.54) is 36.1 Å². The molecule has 24 heavy (non-hydrogen) atoms. The van der Waals surface area contributed by atoms with Gasteiger partial charge in [-0.3, -0.25) is 9.36 Å². The highest BCUT2D eigenvalue weighted by Gasteiger charge is 2.17. The number of allylic oxidation sites excluding steroid dienone is 1. The lowest BCUT2D eigenvalue weighted by Gasteiger charge is -1.99. The molecule has 0 aliphatic carbocycles. The van der Waals surface area contributed by atoms with Crippen LogP contribution in [-0.2, 0) is 4.74 Å². The molecule has 0 fully saturated rings. The van der Waals surface area contributed by atoms with Crippen molar-refractivity contribution in [2.24, 2.45) is 0 Å². The van der Waals surface area contributed by atoms with E-state index in [0.29, 0.717) is 22.0 Å². The molecule has 0 spiro atoms. The van der Waals surface area contributed by atoms with Gasteiger partial charge >= 0.3 is 5.97 Å². The molecule has 120 valence electrons. The molecule has 0 saturated carbocycles. The van der Waals surface area contributed by atoms with Crippen molar-refractivity contribution in [2.45, 2.75) is 0 Å². The second kappa shape index (κ2) is 6.50. The first-order valence-electron chi connectivity index (χ1n) is 7.26. The summed E-state index contributed by atoms with van der Waals surface area (Å²) in [4.78, 5) is 24.3. The lowest BCUT2D eigenvalue weighted by Crippen LogP contribution is -2.06. The van der Waals surface area contributed by atoms with Gasteiger partial charge in [-0.25, -0.2) is 9.18 Å². The molecule has 5 heteroatoms. The van der Waals surface area contributed by atoms with Crippen LogP contribution in [0.25, 0.3) is 17.0 Å². The van der Waals surface area contributed by atoms with Gasteiger partial charge in [0.2, 0.25) is 0 Å². The molecule has 0 aliphatic rings.